The molecule has 0 heterocycles. The molecule has 0 atom stereocenters. The Hall–Kier alpha value is -2.35. The van der Waals surface area contributed by atoms with Gasteiger partial charge in [0, 0.05) is 11.8 Å². The van der Waals surface area contributed by atoms with Crippen molar-refractivity contribution < 1.29 is 5.11 Å². The monoisotopic (exact) mass is 321 g/mol. The molecular formula is C22H27NO. The van der Waals surface area contributed by atoms with E-state index in [0.717, 1.165) is 16.8 Å². The van der Waals surface area contributed by atoms with Crippen molar-refractivity contribution in [1.82, 2.24) is 0 Å². The Morgan fingerprint density at radius 3 is 2.12 bits per heavy atom. The van der Waals surface area contributed by atoms with Gasteiger partial charge in [-0.15, -0.1) is 6.58 Å². The Morgan fingerprint density at radius 2 is 1.58 bits per heavy atom. The van der Waals surface area contributed by atoms with Crippen molar-refractivity contribution in [2.24, 2.45) is 4.99 Å². The molecule has 0 spiro atoms. The molecule has 2 rings (SSSR count). The zero-order valence-corrected chi connectivity index (χ0v) is 15.1. The summed E-state index contributed by atoms with van der Waals surface area (Å²) in [5.74, 6) is 1.05. The van der Waals surface area contributed by atoms with Crippen LogP contribution >= 0.6 is 0 Å². The van der Waals surface area contributed by atoms with Crippen LogP contribution in [0.3, 0.4) is 0 Å². The van der Waals surface area contributed by atoms with Gasteiger partial charge in [-0.25, -0.2) is 0 Å². The fourth-order valence-corrected chi connectivity index (χ4v) is 2.87. The third kappa shape index (κ3) is 3.94. The van der Waals surface area contributed by atoms with E-state index in [9.17, 15) is 5.11 Å². The minimum absolute atomic E-state index is 0.256. The van der Waals surface area contributed by atoms with Crippen molar-refractivity contribution >= 4 is 11.9 Å². The Kier molecular flexibility index (Phi) is 5.97. The number of allylic oxidation sites excluding steroid dienone is 1. The molecule has 2 aromatic rings. The topological polar surface area (TPSA) is 32.6 Å². The summed E-state index contributed by atoms with van der Waals surface area (Å²) in [6.45, 7) is 12.5. The van der Waals surface area contributed by atoms with E-state index in [0.29, 0.717) is 18.3 Å². The van der Waals surface area contributed by atoms with Crippen molar-refractivity contribution in [2.75, 3.05) is 0 Å². The van der Waals surface area contributed by atoms with Gasteiger partial charge in [-0.3, -0.25) is 4.99 Å². The van der Waals surface area contributed by atoms with Crippen LogP contribution in [-0.2, 0) is 6.42 Å². The summed E-state index contributed by atoms with van der Waals surface area (Å²) in [5, 5.41) is 10.2. The zero-order chi connectivity index (χ0) is 17.7. The van der Waals surface area contributed by atoms with Gasteiger partial charge in [0.05, 0.1) is 5.69 Å². The molecule has 126 valence electrons. The third-order valence-electron chi connectivity index (χ3n) is 4.20. The minimum Gasteiger partial charge on any atom is -0.507 e. The lowest BCUT2D eigenvalue weighted by atomic mass is 9.93. The highest BCUT2D eigenvalue weighted by Crippen LogP contribution is 2.35. The van der Waals surface area contributed by atoms with Crippen LogP contribution in [0, 0.1) is 0 Å². The van der Waals surface area contributed by atoms with E-state index in [1.165, 1.54) is 11.1 Å². The standard InChI is InChI=1S/C22H27NO/c1-6-9-17-10-7-13-21(24)20(17)14-23-22-18(15(2)3)11-8-12-19(22)16(4)5/h6-8,10-16,24H,1,9H2,2-5H3. The Morgan fingerprint density at radius 1 is 1.00 bits per heavy atom. The lowest BCUT2D eigenvalue weighted by Gasteiger charge is -2.16. The van der Waals surface area contributed by atoms with E-state index in [1.54, 1.807) is 12.3 Å². The highest BCUT2D eigenvalue weighted by molar-refractivity contribution is 5.88. The molecule has 0 saturated carbocycles. The van der Waals surface area contributed by atoms with Crippen LogP contribution in [-0.4, -0.2) is 11.3 Å². The number of phenolic OH excluding ortho intramolecular Hbond substituents is 1. The number of aromatic hydroxyl groups is 1. The zero-order valence-electron chi connectivity index (χ0n) is 15.1. The highest BCUT2D eigenvalue weighted by Gasteiger charge is 2.13. The number of nitrogens with zero attached hydrogens (tertiary/aromatic N) is 1. The van der Waals surface area contributed by atoms with Crippen LogP contribution in [0.5, 0.6) is 5.75 Å². The Labute approximate surface area is 145 Å². The first kappa shape index (κ1) is 18.0. The summed E-state index contributed by atoms with van der Waals surface area (Å²) in [5.41, 5.74) is 5.29. The number of rotatable bonds is 6. The minimum atomic E-state index is 0.256. The molecule has 0 aromatic heterocycles. The smallest absolute Gasteiger partial charge is 0.124 e. The summed E-state index contributed by atoms with van der Waals surface area (Å²) in [6.07, 6.45) is 4.34. The average molecular weight is 321 g/mol. The fourth-order valence-electron chi connectivity index (χ4n) is 2.87. The highest BCUT2D eigenvalue weighted by atomic mass is 16.3. The van der Waals surface area contributed by atoms with E-state index in [2.05, 4.69) is 52.5 Å². The van der Waals surface area contributed by atoms with Crippen LogP contribution in [0.4, 0.5) is 5.69 Å². The molecule has 0 fully saturated rings. The van der Waals surface area contributed by atoms with Crippen molar-refractivity contribution in [3.8, 4) is 5.75 Å². The van der Waals surface area contributed by atoms with Gasteiger partial charge in [0.1, 0.15) is 5.75 Å². The van der Waals surface area contributed by atoms with Gasteiger partial charge in [0.15, 0.2) is 0 Å². The lowest BCUT2D eigenvalue weighted by molar-refractivity contribution is 0.474. The van der Waals surface area contributed by atoms with Crippen LogP contribution < -0.4 is 0 Å². The maximum Gasteiger partial charge on any atom is 0.124 e. The van der Waals surface area contributed by atoms with Crippen LogP contribution in [0.1, 0.15) is 61.8 Å². The molecule has 0 amide bonds. The van der Waals surface area contributed by atoms with Crippen LogP contribution in [0.2, 0.25) is 0 Å². The van der Waals surface area contributed by atoms with Crippen molar-refractivity contribution in [1.29, 1.82) is 0 Å². The number of hydrogen-bond acceptors (Lipinski definition) is 2. The first-order valence-corrected chi connectivity index (χ1v) is 8.54. The maximum absolute atomic E-state index is 10.2. The second-order valence-electron chi connectivity index (χ2n) is 6.70. The van der Waals surface area contributed by atoms with Gasteiger partial charge >= 0.3 is 0 Å². The summed E-state index contributed by atoms with van der Waals surface area (Å²) in [4.78, 5) is 4.80. The number of aliphatic imine (C=N–C) groups is 1. The quantitative estimate of drug-likeness (QED) is 0.504. The normalized spacial score (nSPS) is 11.6. The molecule has 0 unspecified atom stereocenters. The first-order chi connectivity index (χ1) is 11.5. The van der Waals surface area contributed by atoms with E-state index in [4.69, 9.17) is 4.99 Å². The summed E-state index contributed by atoms with van der Waals surface area (Å²) in [6, 6.07) is 11.9. The van der Waals surface area contributed by atoms with Gasteiger partial charge in [0.2, 0.25) is 0 Å². The van der Waals surface area contributed by atoms with Crippen LogP contribution in [0.15, 0.2) is 54.0 Å². The van der Waals surface area contributed by atoms with Crippen LogP contribution in [0.25, 0.3) is 0 Å². The molecule has 24 heavy (non-hydrogen) atoms. The molecule has 0 aliphatic rings. The van der Waals surface area contributed by atoms with E-state index in [1.807, 2.05) is 18.2 Å². The lowest BCUT2D eigenvalue weighted by Crippen LogP contribution is -1.97. The summed E-state index contributed by atoms with van der Waals surface area (Å²) < 4.78 is 0. The fraction of sp³-hybridized carbons (Fsp3) is 0.318. The SMILES string of the molecule is C=CCc1cccc(O)c1C=Nc1c(C(C)C)cccc1C(C)C. The summed E-state index contributed by atoms with van der Waals surface area (Å²) >= 11 is 0. The predicted octanol–water partition coefficient (Wildman–Crippen LogP) is 6.12. The molecule has 0 bridgehead atoms. The number of benzene rings is 2. The molecule has 0 aliphatic heterocycles. The molecule has 2 aromatic carbocycles. The molecule has 2 nitrogen and oxygen atoms in total. The molecular weight excluding hydrogens is 294 g/mol. The first-order valence-electron chi connectivity index (χ1n) is 8.54. The predicted molar refractivity (Wildman–Crippen MR) is 104 cm³/mol. The van der Waals surface area contributed by atoms with E-state index >= 15 is 0 Å². The van der Waals surface area contributed by atoms with Crippen molar-refractivity contribution in [2.45, 2.75) is 46.0 Å². The van der Waals surface area contributed by atoms with Gasteiger partial charge in [-0.05, 0) is 41.0 Å². The summed E-state index contributed by atoms with van der Waals surface area (Å²) in [7, 11) is 0. The molecule has 2 heteroatoms. The second kappa shape index (κ2) is 7.96. The average Bonchev–Trinajstić information content (AvgIpc) is 2.54. The van der Waals surface area contributed by atoms with Gasteiger partial charge in [0.25, 0.3) is 0 Å². The van der Waals surface area contributed by atoms with Crippen molar-refractivity contribution in [3.63, 3.8) is 0 Å². The van der Waals surface area contributed by atoms with Gasteiger partial charge in [-0.2, -0.15) is 0 Å². The molecule has 1 N–H and O–H groups in total. The Bertz CT molecular complexity index is 715. The Balaban J connectivity index is 2.55. The molecule has 0 saturated heterocycles. The van der Waals surface area contributed by atoms with E-state index < -0.39 is 0 Å². The number of para-hydroxylation sites is 1. The second-order valence-corrected chi connectivity index (χ2v) is 6.70. The van der Waals surface area contributed by atoms with E-state index in [-0.39, 0.29) is 5.75 Å². The number of phenols is 1. The molecule has 0 radical (unpaired) electrons. The third-order valence-corrected chi connectivity index (χ3v) is 4.20. The van der Waals surface area contributed by atoms with Gasteiger partial charge < -0.3 is 5.11 Å². The van der Waals surface area contributed by atoms with Gasteiger partial charge in [-0.1, -0.05) is 64.1 Å². The molecule has 0 aliphatic carbocycles. The van der Waals surface area contributed by atoms with Crippen molar-refractivity contribution in [3.05, 3.63) is 71.3 Å². The maximum atomic E-state index is 10.2. The largest absolute Gasteiger partial charge is 0.507 e. The number of hydrogen-bond donors (Lipinski definition) is 1.